The Morgan fingerprint density at radius 2 is 0.440 bits per heavy atom. The lowest BCUT2D eigenvalue weighted by Gasteiger charge is -2.21. The molecule has 0 saturated heterocycles. The smallest absolute Gasteiger partial charge is 0.462 e. The number of carbonyl (C=O) groups excluding carboxylic acids is 4. The second kappa shape index (κ2) is 66.7. The number of rotatable bonds is 73. The predicted molar refractivity (Wildman–Crippen MR) is 368 cm³/mol. The van der Waals surface area contributed by atoms with Crippen molar-refractivity contribution in [1.82, 2.24) is 0 Å². The molecule has 0 radical (unpaired) electrons. The molecule has 3 N–H and O–H groups in total. The fourth-order valence-corrected chi connectivity index (χ4v) is 12.6. The largest absolute Gasteiger partial charge is 0.472 e. The van der Waals surface area contributed by atoms with Gasteiger partial charge in [-0.3, -0.25) is 37.3 Å². The van der Waals surface area contributed by atoms with E-state index in [-0.39, 0.29) is 25.7 Å². The number of phosphoric ester groups is 2. The minimum absolute atomic E-state index is 0.103. The molecular formula is C72H140O17P2. The maximum absolute atomic E-state index is 13.1. The van der Waals surface area contributed by atoms with Crippen LogP contribution in [-0.2, 0) is 65.4 Å². The highest BCUT2D eigenvalue weighted by Crippen LogP contribution is 2.45. The van der Waals surface area contributed by atoms with Gasteiger partial charge in [-0.05, 0) is 25.7 Å². The number of carbonyl (C=O) groups is 4. The fourth-order valence-electron chi connectivity index (χ4n) is 11.0. The van der Waals surface area contributed by atoms with E-state index in [4.69, 9.17) is 37.0 Å². The van der Waals surface area contributed by atoms with Gasteiger partial charge in [0.2, 0.25) is 0 Å². The van der Waals surface area contributed by atoms with Gasteiger partial charge in [0.1, 0.15) is 19.3 Å². The van der Waals surface area contributed by atoms with E-state index in [1.54, 1.807) is 0 Å². The van der Waals surface area contributed by atoms with Gasteiger partial charge in [0.25, 0.3) is 0 Å². The van der Waals surface area contributed by atoms with Gasteiger partial charge in [-0.2, -0.15) is 0 Å². The van der Waals surface area contributed by atoms with E-state index in [0.29, 0.717) is 25.7 Å². The zero-order chi connectivity index (χ0) is 66.8. The van der Waals surface area contributed by atoms with E-state index < -0.39 is 97.5 Å². The first-order valence-electron chi connectivity index (χ1n) is 37.8. The minimum atomic E-state index is -4.95. The van der Waals surface area contributed by atoms with Crippen LogP contribution < -0.4 is 0 Å². The van der Waals surface area contributed by atoms with Crippen LogP contribution in [0.3, 0.4) is 0 Å². The van der Waals surface area contributed by atoms with E-state index in [9.17, 15) is 43.2 Å². The van der Waals surface area contributed by atoms with Crippen LogP contribution in [0.2, 0.25) is 0 Å². The summed E-state index contributed by atoms with van der Waals surface area (Å²) in [6.07, 6.45) is 56.4. The molecule has 17 nitrogen and oxygen atoms in total. The van der Waals surface area contributed by atoms with Crippen molar-refractivity contribution in [2.24, 2.45) is 0 Å². The summed E-state index contributed by atoms with van der Waals surface area (Å²) >= 11 is 0. The standard InChI is InChI=1S/C72H140O17P2/c1-5-9-13-17-20-22-24-26-28-30-31-32-33-34-36-38-40-42-44-47-51-55-59-72(77)89-68(63-83-70(75)57-53-49-46-43-41-39-37-35-29-27-25-23-21-18-14-10-6-2)65-87-91(80,81)85-61-66(73)60-84-90(78,79)86-64-67(62-82-69(74)56-52-48-16-12-8-4)88-71(76)58-54-50-45-19-15-11-7-3/h66-68,73H,5-65H2,1-4H3,(H,78,79)(H,80,81)/t66-,67+,68+/m0/s1. The number of hydrogen-bond acceptors (Lipinski definition) is 15. The van der Waals surface area contributed by atoms with E-state index in [2.05, 4.69) is 27.7 Å². The average molecular weight is 1340 g/mol. The van der Waals surface area contributed by atoms with Crippen LogP contribution >= 0.6 is 15.6 Å². The molecule has 91 heavy (non-hydrogen) atoms. The van der Waals surface area contributed by atoms with Crippen LogP contribution in [0.15, 0.2) is 0 Å². The number of phosphoric acid groups is 2. The minimum Gasteiger partial charge on any atom is -0.462 e. The SMILES string of the molecule is CCCCCCCCCCCCCCCCCCCCCCCCC(=O)O[C@H](COC(=O)CCCCCCCCCCCCCCCCCCC)COP(=O)(O)OC[C@@H](O)COP(=O)(O)OC[C@@H](COC(=O)CCCCCCC)OC(=O)CCCCCCCCC. The van der Waals surface area contributed by atoms with Crippen molar-refractivity contribution in [3.63, 3.8) is 0 Å². The number of aliphatic hydroxyl groups excluding tert-OH is 1. The fraction of sp³-hybridized carbons (Fsp3) is 0.944. The third-order valence-corrected chi connectivity index (χ3v) is 18.8. The van der Waals surface area contributed by atoms with Gasteiger partial charge in [0.05, 0.1) is 26.4 Å². The summed E-state index contributed by atoms with van der Waals surface area (Å²) < 4.78 is 68.0. The van der Waals surface area contributed by atoms with Crippen LogP contribution in [-0.4, -0.2) is 96.7 Å². The predicted octanol–water partition coefficient (Wildman–Crippen LogP) is 21.1. The number of aliphatic hydroxyl groups is 1. The summed E-state index contributed by atoms with van der Waals surface area (Å²) in [6, 6.07) is 0. The first-order valence-corrected chi connectivity index (χ1v) is 40.8. The molecule has 0 rings (SSSR count). The first kappa shape index (κ1) is 89.1. The first-order chi connectivity index (χ1) is 44.2. The summed E-state index contributed by atoms with van der Waals surface area (Å²) in [4.78, 5) is 72.1. The van der Waals surface area contributed by atoms with Crippen LogP contribution in [0.4, 0.5) is 0 Å². The molecule has 5 atom stereocenters. The maximum Gasteiger partial charge on any atom is 0.472 e. The Morgan fingerprint density at radius 1 is 0.264 bits per heavy atom. The molecule has 0 bridgehead atoms. The van der Waals surface area contributed by atoms with E-state index >= 15 is 0 Å². The van der Waals surface area contributed by atoms with E-state index in [1.807, 2.05) is 0 Å². The van der Waals surface area contributed by atoms with Crippen molar-refractivity contribution in [2.45, 2.75) is 399 Å². The lowest BCUT2D eigenvalue weighted by atomic mass is 10.0. The molecule has 0 aromatic heterocycles. The molecule has 540 valence electrons. The number of ether oxygens (including phenoxy) is 4. The quantitative estimate of drug-likeness (QED) is 0.0222. The van der Waals surface area contributed by atoms with E-state index in [0.717, 1.165) is 109 Å². The molecule has 0 spiro atoms. The Bertz CT molecular complexity index is 1740. The van der Waals surface area contributed by atoms with Crippen molar-refractivity contribution in [1.29, 1.82) is 0 Å². The van der Waals surface area contributed by atoms with Crippen molar-refractivity contribution >= 4 is 39.5 Å². The Balaban J connectivity index is 5.06. The van der Waals surface area contributed by atoms with Crippen molar-refractivity contribution in [2.75, 3.05) is 39.6 Å². The molecule has 0 aromatic carbocycles. The molecule has 0 aliphatic carbocycles. The number of hydrogen-bond donors (Lipinski definition) is 3. The van der Waals surface area contributed by atoms with Gasteiger partial charge in [-0.1, -0.05) is 329 Å². The molecule has 2 unspecified atom stereocenters. The van der Waals surface area contributed by atoms with Crippen molar-refractivity contribution in [3.05, 3.63) is 0 Å². The van der Waals surface area contributed by atoms with Crippen LogP contribution in [0, 0.1) is 0 Å². The normalized spacial score (nSPS) is 14.0. The van der Waals surface area contributed by atoms with Crippen molar-refractivity contribution < 1.29 is 80.2 Å². The number of esters is 4. The molecule has 0 fully saturated rings. The zero-order valence-corrected chi connectivity index (χ0v) is 60.6. The average Bonchev–Trinajstić information content (AvgIpc) is 3.59. The molecule has 0 aliphatic rings. The maximum atomic E-state index is 13.1. The van der Waals surface area contributed by atoms with Crippen LogP contribution in [0.25, 0.3) is 0 Å². The van der Waals surface area contributed by atoms with Crippen LogP contribution in [0.1, 0.15) is 381 Å². The lowest BCUT2D eigenvalue weighted by molar-refractivity contribution is -0.161. The van der Waals surface area contributed by atoms with E-state index in [1.165, 1.54) is 193 Å². The third kappa shape index (κ3) is 66.5. The second-order valence-corrected chi connectivity index (χ2v) is 28.9. The monoisotopic (exact) mass is 1340 g/mol. The van der Waals surface area contributed by atoms with Crippen LogP contribution in [0.5, 0.6) is 0 Å². The van der Waals surface area contributed by atoms with Crippen molar-refractivity contribution in [3.8, 4) is 0 Å². The highest BCUT2D eigenvalue weighted by atomic mass is 31.2. The van der Waals surface area contributed by atoms with Gasteiger partial charge in [0, 0.05) is 25.7 Å². The van der Waals surface area contributed by atoms with Gasteiger partial charge < -0.3 is 33.8 Å². The molecule has 0 aromatic rings. The molecule has 0 heterocycles. The summed E-state index contributed by atoms with van der Waals surface area (Å²) in [5.74, 6) is -2.14. The lowest BCUT2D eigenvalue weighted by Crippen LogP contribution is -2.30. The summed E-state index contributed by atoms with van der Waals surface area (Å²) in [6.45, 7) is 4.81. The molecule has 0 saturated carbocycles. The number of unbranched alkanes of at least 4 members (excludes halogenated alkanes) is 47. The second-order valence-electron chi connectivity index (χ2n) is 26.0. The Morgan fingerprint density at radius 3 is 0.648 bits per heavy atom. The Labute approximate surface area is 556 Å². The molecule has 0 aliphatic heterocycles. The van der Waals surface area contributed by atoms with Gasteiger partial charge in [-0.15, -0.1) is 0 Å². The Kier molecular flexibility index (Phi) is 65.2. The summed E-state index contributed by atoms with van der Waals surface area (Å²) in [5.41, 5.74) is 0. The molecule has 19 heteroatoms. The topological polar surface area (TPSA) is 237 Å². The summed E-state index contributed by atoms with van der Waals surface area (Å²) in [7, 11) is -9.88. The Hall–Kier alpha value is -1.94. The third-order valence-electron chi connectivity index (χ3n) is 16.9. The van der Waals surface area contributed by atoms with Gasteiger partial charge >= 0.3 is 39.5 Å². The zero-order valence-electron chi connectivity index (χ0n) is 58.8. The molecular weight excluding hydrogens is 1200 g/mol. The highest BCUT2D eigenvalue weighted by Gasteiger charge is 2.30. The molecule has 0 amide bonds. The highest BCUT2D eigenvalue weighted by molar-refractivity contribution is 7.47. The van der Waals surface area contributed by atoms with Gasteiger partial charge in [-0.25, -0.2) is 9.13 Å². The van der Waals surface area contributed by atoms with Gasteiger partial charge in [0.15, 0.2) is 12.2 Å². The summed E-state index contributed by atoms with van der Waals surface area (Å²) in [5, 5.41) is 10.5.